The number of fused-ring (bicyclic) bond motifs is 1. The first-order valence-corrected chi connectivity index (χ1v) is 10.1. The molecule has 0 aliphatic carbocycles. The van der Waals surface area contributed by atoms with E-state index < -0.39 is 5.41 Å². The van der Waals surface area contributed by atoms with Crippen LogP contribution in [0.25, 0.3) is 10.1 Å². The van der Waals surface area contributed by atoms with Crippen LogP contribution in [0.5, 0.6) is 0 Å². The zero-order valence-corrected chi connectivity index (χ0v) is 17.0. The number of ether oxygens (including phenoxy) is 1. The Labute approximate surface area is 164 Å². The fraction of sp³-hybridized carbons (Fsp3) is 0.348. The van der Waals surface area contributed by atoms with Crippen LogP contribution >= 0.6 is 11.3 Å². The molecule has 1 atom stereocenters. The molecule has 3 rings (SSSR count). The fourth-order valence-electron chi connectivity index (χ4n) is 3.33. The summed E-state index contributed by atoms with van der Waals surface area (Å²) >= 11 is 1.41. The standard InChI is InChI=1S/C23H25FO2S/c1-5-26-22(25)23(4,18-11-9-16(10-12-18)15(2)3)14-19-13-17-7-6-8-20(24)21(17)27-19/h6-13,15H,5,14H2,1-4H3. The molecule has 2 nitrogen and oxygen atoms in total. The van der Waals surface area contributed by atoms with Crippen LogP contribution in [0.15, 0.2) is 48.5 Å². The van der Waals surface area contributed by atoms with Gasteiger partial charge in [0, 0.05) is 11.3 Å². The number of hydrogen-bond donors (Lipinski definition) is 0. The van der Waals surface area contributed by atoms with Gasteiger partial charge >= 0.3 is 5.97 Å². The van der Waals surface area contributed by atoms with E-state index in [0.717, 1.165) is 15.8 Å². The Hall–Kier alpha value is -2.20. The van der Waals surface area contributed by atoms with Crippen molar-refractivity contribution in [3.8, 4) is 0 Å². The Morgan fingerprint density at radius 3 is 2.48 bits per heavy atom. The first-order chi connectivity index (χ1) is 12.8. The van der Waals surface area contributed by atoms with Gasteiger partial charge in [0.25, 0.3) is 0 Å². The zero-order chi connectivity index (χ0) is 19.6. The van der Waals surface area contributed by atoms with Gasteiger partial charge in [-0.05, 0) is 48.4 Å². The topological polar surface area (TPSA) is 26.3 Å². The molecule has 1 unspecified atom stereocenters. The highest BCUT2D eigenvalue weighted by Gasteiger charge is 2.37. The average molecular weight is 385 g/mol. The summed E-state index contributed by atoms with van der Waals surface area (Å²) in [7, 11) is 0. The molecular formula is C23H25FO2S. The second-order valence-electron chi connectivity index (χ2n) is 7.38. The van der Waals surface area contributed by atoms with Crippen LogP contribution in [-0.2, 0) is 21.4 Å². The Kier molecular flexibility index (Phi) is 5.66. The van der Waals surface area contributed by atoms with E-state index in [1.807, 2.05) is 38.1 Å². The predicted octanol–water partition coefficient (Wildman–Crippen LogP) is 6.23. The summed E-state index contributed by atoms with van der Waals surface area (Å²) in [5.74, 6) is -0.0402. The molecule has 0 saturated heterocycles. The van der Waals surface area contributed by atoms with Crippen molar-refractivity contribution in [2.75, 3.05) is 6.61 Å². The van der Waals surface area contributed by atoms with Crippen molar-refractivity contribution in [3.63, 3.8) is 0 Å². The molecule has 0 fully saturated rings. The van der Waals surface area contributed by atoms with Crippen LogP contribution in [0.4, 0.5) is 4.39 Å². The molecule has 1 aromatic heterocycles. The molecule has 0 spiro atoms. The van der Waals surface area contributed by atoms with Crippen molar-refractivity contribution in [2.45, 2.75) is 45.4 Å². The fourth-order valence-corrected chi connectivity index (χ4v) is 4.55. The summed E-state index contributed by atoms with van der Waals surface area (Å²) < 4.78 is 20.1. The Balaban J connectivity index is 2.01. The van der Waals surface area contributed by atoms with Gasteiger partial charge in [-0.1, -0.05) is 50.2 Å². The average Bonchev–Trinajstić information content (AvgIpc) is 3.05. The van der Waals surface area contributed by atoms with E-state index in [4.69, 9.17) is 4.74 Å². The maximum Gasteiger partial charge on any atom is 0.316 e. The summed E-state index contributed by atoms with van der Waals surface area (Å²) in [5, 5.41) is 0.872. The van der Waals surface area contributed by atoms with Gasteiger partial charge in [0.15, 0.2) is 0 Å². The highest BCUT2D eigenvalue weighted by Crippen LogP contribution is 2.36. The minimum absolute atomic E-state index is 0.220. The first kappa shape index (κ1) is 19.6. The molecule has 0 N–H and O–H groups in total. The molecular weight excluding hydrogens is 359 g/mol. The normalized spacial score (nSPS) is 13.7. The molecule has 0 radical (unpaired) electrons. The van der Waals surface area contributed by atoms with Crippen molar-refractivity contribution >= 4 is 27.4 Å². The van der Waals surface area contributed by atoms with E-state index in [2.05, 4.69) is 26.0 Å². The van der Waals surface area contributed by atoms with Gasteiger partial charge in [-0.25, -0.2) is 4.39 Å². The molecule has 0 bridgehead atoms. The largest absolute Gasteiger partial charge is 0.465 e. The molecule has 0 amide bonds. The lowest BCUT2D eigenvalue weighted by molar-refractivity contribution is -0.149. The summed E-state index contributed by atoms with van der Waals surface area (Å²) in [5.41, 5.74) is 1.33. The lowest BCUT2D eigenvalue weighted by atomic mass is 9.78. The number of rotatable bonds is 6. The number of hydrogen-bond acceptors (Lipinski definition) is 3. The van der Waals surface area contributed by atoms with Gasteiger partial charge in [0.2, 0.25) is 0 Å². The van der Waals surface area contributed by atoms with Gasteiger partial charge in [-0.15, -0.1) is 11.3 Å². The number of carbonyl (C=O) groups is 1. The molecule has 0 aliphatic heterocycles. The molecule has 142 valence electrons. The molecule has 4 heteroatoms. The summed E-state index contributed by atoms with van der Waals surface area (Å²) in [6.45, 7) is 8.35. The number of esters is 1. The van der Waals surface area contributed by atoms with Crippen molar-refractivity contribution in [1.82, 2.24) is 0 Å². The number of halogens is 1. The van der Waals surface area contributed by atoms with Crippen LogP contribution in [0, 0.1) is 5.82 Å². The minimum Gasteiger partial charge on any atom is -0.465 e. The third kappa shape index (κ3) is 3.91. The van der Waals surface area contributed by atoms with E-state index in [-0.39, 0.29) is 11.8 Å². The summed E-state index contributed by atoms with van der Waals surface area (Å²) in [6, 6.07) is 15.2. The van der Waals surface area contributed by atoms with Crippen LogP contribution in [0.1, 0.15) is 49.6 Å². The van der Waals surface area contributed by atoms with Gasteiger partial charge in [0.1, 0.15) is 5.82 Å². The van der Waals surface area contributed by atoms with Crippen molar-refractivity contribution in [3.05, 3.63) is 70.4 Å². The molecule has 2 aromatic carbocycles. The van der Waals surface area contributed by atoms with Crippen LogP contribution in [-0.4, -0.2) is 12.6 Å². The van der Waals surface area contributed by atoms with Crippen molar-refractivity contribution in [1.29, 1.82) is 0 Å². The second-order valence-corrected chi connectivity index (χ2v) is 8.51. The van der Waals surface area contributed by atoms with Gasteiger partial charge in [0.05, 0.1) is 16.7 Å². The van der Waals surface area contributed by atoms with Crippen molar-refractivity contribution in [2.24, 2.45) is 0 Å². The number of benzene rings is 2. The molecule has 0 saturated carbocycles. The maximum absolute atomic E-state index is 14.1. The smallest absolute Gasteiger partial charge is 0.316 e. The molecule has 1 heterocycles. The van der Waals surface area contributed by atoms with E-state index >= 15 is 0 Å². The lowest BCUT2D eigenvalue weighted by Gasteiger charge is -2.27. The predicted molar refractivity (Wildman–Crippen MR) is 110 cm³/mol. The highest BCUT2D eigenvalue weighted by molar-refractivity contribution is 7.19. The lowest BCUT2D eigenvalue weighted by Crippen LogP contribution is -2.36. The first-order valence-electron chi connectivity index (χ1n) is 9.29. The van der Waals surface area contributed by atoms with E-state index in [0.29, 0.717) is 23.6 Å². The monoisotopic (exact) mass is 384 g/mol. The Morgan fingerprint density at radius 2 is 1.89 bits per heavy atom. The number of carbonyl (C=O) groups excluding carboxylic acids is 1. The molecule has 0 aliphatic rings. The Morgan fingerprint density at radius 1 is 1.19 bits per heavy atom. The number of thiophene rings is 1. The SMILES string of the molecule is CCOC(=O)C(C)(Cc1cc2cccc(F)c2s1)c1ccc(C(C)C)cc1. The van der Waals surface area contributed by atoms with E-state index in [1.165, 1.54) is 23.0 Å². The van der Waals surface area contributed by atoms with Crippen molar-refractivity contribution < 1.29 is 13.9 Å². The summed E-state index contributed by atoms with van der Waals surface area (Å²) in [4.78, 5) is 13.8. The third-order valence-corrected chi connectivity index (χ3v) is 6.17. The molecule has 3 aromatic rings. The van der Waals surface area contributed by atoms with E-state index in [1.54, 1.807) is 6.07 Å². The third-order valence-electron chi connectivity index (χ3n) is 5.02. The maximum atomic E-state index is 14.1. The summed E-state index contributed by atoms with van der Waals surface area (Å²) in [6.07, 6.45) is 0.478. The van der Waals surface area contributed by atoms with Gasteiger partial charge < -0.3 is 4.74 Å². The van der Waals surface area contributed by atoms with E-state index in [9.17, 15) is 9.18 Å². The quantitative estimate of drug-likeness (QED) is 0.471. The minimum atomic E-state index is -0.817. The molecule has 27 heavy (non-hydrogen) atoms. The second kappa shape index (κ2) is 7.81. The zero-order valence-electron chi connectivity index (χ0n) is 16.2. The van der Waals surface area contributed by atoms with Gasteiger partial charge in [-0.3, -0.25) is 4.79 Å². The Bertz CT molecular complexity index is 943. The van der Waals surface area contributed by atoms with Gasteiger partial charge in [-0.2, -0.15) is 0 Å². The van der Waals surface area contributed by atoms with Crippen LogP contribution in [0.2, 0.25) is 0 Å². The van der Waals surface area contributed by atoms with Crippen LogP contribution in [0.3, 0.4) is 0 Å². The van der Waals surface area contributed by atoms with Crippen LogP contribution < -0.4 is 0 Å². The highest BCUT2D eigenvalue weighted by atomic mass is 32.1.